The summed E-state index contributed by atoms with van der Waals surface area (Å²) in [5.41, 5.74) is 7.55. The maximum absolute atomic E-state index is 10.5. The summed E-state index contributed by atoms with van der Waals surface area (Å²) in [4.78, 5) is 14.5. The molecule has 0 spiro atoms. The molecular weight excluding hydrogens is 264 g/mol. The topological polar surface area (TPSA) is 89.5 Å². The molecule has 19 heavy (non-hydrogen) atoms. The van der Waals surface area contributed by atoms with E-state index in [1.807, 2.05) is 24.3 Å². The van der Waals surface area contributed by atoms with Crippen molar-refractivity contribution >= 4 is 22.4 Å². The van der Waals surface area contributed by atoms with E-state index in [1.165, 1.54) is 11.3 Å². The van der Waals surface area contributed by atoms with Crippen LogP contribution < -0.4 is 20.6 Å². The fraction of sp³-hybridized carbons (Fsp3) is 0.231. The maximum atomic E-state index is 10.5. The van der Waals surface area contributed by atoms with Gasteiger partial charge in [0.2, 0.25) is 0 Å². The molecule has 0 fully saturated rings. The van der Waals surface area contributed by atoms with Crippen molar-refractivity contribution in [1.29, 1.82) is 0 Å². The maximum Gasteiger partial charge on any atom is 0.330 e. The second-order valence-electron chi connectivity index (χ2n) is 3.99. The number of nitrogen functional groups attached to an aromatic ring is 1. The normalized spacial score (nSPS) is 10.4. The van der Waals surface area contributed by atoms with E-state index < -0.39 is 5.97 Å². The lowest BCUT2D eigenvalue weighted by molar-refractivity contribution is -0.341. The summed E-state index contributed by atoms with van der Waals surface area (Å²) < 4.78 is 5.10. The third kappa shape index (κ3) is 3.23. The monoisotopic (exact) mass is 278 g/mol. The number of hydrogen-bond donors (Lipinski definition) is 1. The second kappa shape index (κ2) is 5.71. The Morgan fingerprint density at radius 3 is 2.68 bits per heavy atom. The van der Waals surface area contributed by atoms with Crippen molar-refractivity contribution in [3.63, 3.8) is 0 Å². The van der Waals surface area contributed by atoms with Crippen molar-refractivity contribution in [1.82, 2.24) is 0 Å². The summed E-state index contributed by atoms with van der Waals surface area (Å²) in [6.07, 6.45) is 0.388. The number of nitrogens with two attached hydrogens (primary N) is 1. The van der Waals surface area contributed by atoms with Gasteiger partial charge in [0.1, 0.15) is 11.4 Å². The van der Waals surface area contributed by atoms with E-state index in [4.69, 9.17) is 10.5 Å². The van der Waals surface area contributed by atoms with E-state index in [0.717, 1.165) is 21.9 Å². The highest BCUT2D eigenvalue weighted by Crippen LogP contribution is 2.28. The summed E-state index contributed by atoms with van der Waals surface area (Å²) in [6.45, 7) is 0. The molecule has 0 atom stereocenters. The predicted octanol–water partition coefficient (Wildman–Crippen LogP) is 0.502. The van der Waals surface area contributed by atoms with Gasteiger partial charge in [0.15, 0.2) is 0 Å². The quantitative estimate of drug-likeness (QED) is 0.862. The lowest BCUT2D eigenvalue weighted by Gasteiger charge is -2.03. The van der Waals surface area contributed by atoms with Gasteiger partial charge in [-0.1, -0.05) is 11.3 Å². The number of carboxylic acid groups (broad SMARTS) is 1. The number of rotatable bonds is 5. The van der Waals surface area contributed by atoms with Crippen molar-refractivity contribution in [3.8, 4) is 17.0 Å². The van der Waals surface area contributed by atoms with E-state index >= 15 is 0 Å². The Kier molecular flexibility index (Phi) is 4.01. The minimum atomic E-state index is -1.06. The largest absolute Gasteiger partial charge is 0.550 e. The van der Waals surface area contributed by atoms with E-state index in [-0.39, 0.29) is 6.42 Å². The molecule has 2 aromatic rings. The molecule has 2 rings (SSSR count). The van der Waals surface area contributed by atoms with Gasteiger partial charge in [0, 0.05) is 11.5 Å². The molecule has 0 radical (unpaired) electrons. The molecule has 0 saturated carbocycles. The number of carbonyl (C=O) groups is 1. The van der Waals surface area contributed by atoms with Gasteiger partial charge >= 0.3 is 5.13 Å². The minimum Gasteiger partial charge on any atom is -0.550 e. The first-order valence-corrected chi connectivity index (χ1v) is 6.56. The highest BCUT2D eigenvalue weighted by atomic mass is 32.1. The molecule has 0 aliphatic rings. The number of thiazole rings is 1. The highest BCUT2D eigenvalue weighted by Gasteiger charge is 2.15. The number of aliphatic carboxylic acids is 1. The fourth-order valence-corrected chi connectivity index (χ4v) is 2.68. The second-order valence-corrected chi connectivity index (χ2v) is 5.13. The molecular formula is C13H14N2O3S. The van der Waals surface area contributed by atoms with E-state index in [1.54, 1.807) is 7.11 Å². The minimum absolute atomic E-state index is 0.0169. The third-order valence-corrected chi connectivity index (χ3v) is 3.67. The Morgan fingerprint density at radius 1 is 1.42 bits per heavy atom. The Bertz CT molecular complexity index is 578. The zero-order valence-electron chi connectivity index (χ0n) is 10.4. The molecule has 1 aromatic heterocycles. The molecule has 0 saturated heterocycles. The van der Waals surface area contributed by atoms with E-state index in [9.17, 15) is 9.90 Å². The van der Waals surface area contributed by atoms with Crippen LogP contribution in [0.3, 0.4) is 0 Å². The molecule has 0 aliphatic heterocycles. The van der Waals surface area contributed by atoms with Crippen LogP contribution in [0.2, 0.25) is 0 Å². The number of hydrogen-bond acceptors (Lipinski definition) is 5. The molecule has 100 valence electrons. The van der Waals surface area contributed by atoms with Crippen molar-refractivity contribution in [3.05, 3.63) is 29.1 Å². The number of nitrogens with one attached hydrogen (secondary N) is 1. The number of carbonyl (C=O) groups excluding carboxylic acids is 1. The summed E-state index contributed by atoms with van der Waals surface area (Å²) >= 11 is 1.36. The first-order chi connectivity index (χ1) is 9.10. The van der Waals surface area contributed by atoms with Gasteiger partial charge in [-0.25, -0.2) is 4.98 Å². The third-order valence-electron chi connectivity index (χ3n) is 2.70. The molecule has 3 N–H and O–H groups in total. The van der Waals surface area contributed by atoms with Crippen molar-refractivity contribution in [2.45, 2.75) is 12.8 Å². The van der Waals surface area contributed by atoms with Crippen LogP contribution in [0, 0.1) is 0 Å². The SMILES string of the molecule is COc1ccc(-c2[nH+]c(N)sc2CCC(=O)[O-])cc1. The predicted molar refractivity (Wildman–Crippen MR) is 70.6 cm³/mol. The summed E-state index contributed by atoms with van der Waals surface area (Å²) in [5, 5.41) is 11.1. The molecule has 0 bridgehead atoms. The number of anilines is 1. The summed E-state index contributed by atoms with van der Waals surface area (Å²) in [6, 6.07) is 7.50. The number of benzene rings is 1. The van der Waals surface area contributed by atoms with Gasteiger partial charge in [0.05, 0.1) is 12.0 Å². The van der Waals surface area contributed by atoms with Gasteiger partial charge in [-0.05, 0) is 37.1 Å². The fourth-order valence-electron chi connectivity index (χ4n) is 1.78. The highest BCUT2D eigenvalue weighted by molar-refractivity contribution is 7.15. The van der Waals surface area contributed by atoms with Crippen LogP contribution in [-0.2, 0) is 11.2 Å². The van der Waals surface area contributed by atoms with Crippen LogP contribution in [0.25, 0.3) is 11.3 Å². The van der Waals surface area contributed by atoms with Gasteiger partial charge in [-0.2, -0.15) is 0 Å². The number of H-pyrrole nitrogens is 1. The first-order valence-electron chi connectivity index (χ1n) is 5.75. The summed E-state index contributed by atoms with van der Waals surface area (Å²) in [5.74, 6) is -0.295. The molecule has 6 heteroatoms. The van der Waals surface area contributed by atoms with Crippen LogP contribution in [-0.4, -0.2) is 13.1 Å². The Hall–Kier alpha value is -2.08. The number of carboxylic acids is 1. The standard InChI is InChI=1S/C13H14N2O3S/c1-18-9-4-2-8(3-5-9)12-10(6-7-11(16)17)19-13(14)15-12/h2-5H,6-7H2,1H3,(H2,14,15)(H,16,17). The van der Waals surface area contributed by atoms with Gasteiger partial charge < -0.3 is 14.6 Å². The number of aryl methyl sites for hydroxylation is 1. The molecule has 0 amide bonds. The Balaban J connectivity index is 2.29. The Morgan fingerprint density at radius 2 is 2.11 bits per heavy atom. The lowest BCUT2D eigenvalue weighted by atomic mass is 10.1. The summed E-state index contributed by atoms with van der Waals surface area (Å²) in [7, 11) is 1.61. The van der Waals surface area contributed by atoms with E-state index in [0.29, 0.717) is 11.6 Å². The van der Waals surface area contributed by atoms with Crippen molar-refractivity contribution in [2.24, 2.45) is 0 Å². The number of aromatic nitrogens is 1. The van der Waals surface area contributed by atoms with Crippen molar-refractivity contribution < 1.29 is 19.6 Å². The lowest BCUT2D eigenvalue weighted by Crippen LogP contribution is -2.22. The van der Waals surface area contributed by atoms with Crippen LogP contribution in [0.5, 0.6) is 5.75 Å². The van der Waals surface area contributed by atoms with Gasteiger partial charge in [0.25, 0.3) is 0 Å². The number of aromatic amines is 1. The van der Waals surface area contributed by atoms with Gasteiger partial charge in [-0.15, -0.1) is 0 Å². The van der Waals surface area contributed by atoms with Gasteiger partial charge in [-0.3, -0.25) is 5.73 Å². The number of ether oxygens (including phenoxy) is 1. The molecule has 0 unspecified atom stereocenters. The van der Waals surface area contributed by atoms with Crippen LogP contribution >= 0.6 is 11.3 Å². The number of methoxy groups -OCH3 is 1. The van der Waals surface area contributed by atoms with Crippen LogP contribution in [0.15, 0.2) is 24.3 Å². The van der Waals surface area contributed by atoms with E-state index in [2.05, 4.69) is 4.98 Å². The van der Waals surface area contributed by atoms with Crippen molar-refractivity contribution in [2.75, 3.05) is 12.8 Å². The molecule has 5 nitrogen and oxygen atoms in total. The zero-order valence-corrected chi connectivity index (χ0v) is 11.3. The molecule has 1 aromatic carbocycles. The smallest absolute Gasteiger partial charge is 0.330 e. The molecule has 1 heterocycles. The zero-order chi connectivity index (χ0) is 13.8. The van der Waals surface area contributed by atoms with Crippen LogP contribution in [0.4, 0.5) is 5.13 Å². The average molecular weight is 278 g/mol. The molecule has 0 aliphatic carbocycles. The first kappa shape index (κ1) is 13.4. The Labute approximate surface area is 114 Å². The average Bonchev–Trinajstić information content (AvgIpc) is 2.78. The van der Waals surface area contributed by atoms with Crippen LogP contribution in [0.1, 0.15) is 11.3 Å².